The van der Waals surface area contributed by atoms with Crippen LogP contribution >= 0.6 is 0 Å². The number of hydrogen-bond donors (Lipinski definition) is 1. The quantitative estimate of drug-likeness (QED) is 0.0699. The number of carbonyl (C=O) groups is 7. The number of fused-ring (bicyclic) bond motifs is 4. The molecule has 7 aliphatic rings. The first kappa shape index (κ1) is 54.1. The van der Waals surface area contributed by atoms with Crippen LogP contribution in [-0.2, 0) is 24.0 Å². The molecule has 418 valence electrons. The molecule has 4 aromatic rings. The number of benzene rings is 4. The van der Waals surface area contributed by atoms with Crippen LogP contribution in [0.15, 0.2) is 107 Å². The number of aliphatic imine (C=N–C) groups is 2. The van der Waals surface area contributed by atoms with Crippen molar-refractivity contribution in [1.29, 1.82) is 0 Å². The first-order valence-corrected chi connectivity index (χ1v) is 27.8. The average Bonchev–Trinajstić information content (AvgIpc) is 4.53. The molecule has 7 heterocycles. The molecule has 0 radical (unpaired) electrons. The Bertz CT molecular complexity index is 3330. The van der Waals surface area contributed by atoms with Gasteiger partial charge < -0.3 is 43.9 Å². The number of carbonyl (C=O) groups excluding carboxylic acids is 7. The fraction of sp³-hybridized carbons (Fsp3) is 0.371. The lowest BCUT2D eigenvalue weighted by Crippen LogP contribution is -2.51. The zero-order valence-electron chi connectivity index (χ0n) is 45.6. The van der Waals surface area contributed by atoms with Gasteiger partial charge in [0.05, 0.1) is 62.0 Å². The van der Waals surface area contributed by atoms with Gasteiger partial charge in [0.25, 0.3) is 23.6 Å². The van der Waals surface area contributed by atoms with Crippen molar-refractivity contribution in [1.82, 2.24) is 24.5 Å². The van der Waals surface area contributed by atoms with Crippen LogP contribution in [0.25, 0.3) is 11.1 Å². The van der Waals surface area contributed by atoms with E-state index in [1.54, 1.807) is 45.1 Å². The van der Waals surface area contributed by atoms with Crippen molar-refractivity contribution in [3.63, 3.8) is 0 Å². The van der Waals surface area contributed by atoms with Crippen molar-refractivity contribution in [3.05, 3.63) is 125 Å². The monoisotopic (exact) mass is 1100 g/mol. The Balaban J connectivity index is 0.651. The van der Waals surface area contributed by atoms with E-state index in [4.69, 9.17) is 28.9 Å². The van der Waals surface area contributed by atoms with Crippen molar-refractivity contribution in [3.8, 4) is 23.0 Å². The molecule has 4 atom stereocenters. The Morgan fingerprint density at radius 1 is 0.630 bits per heavy atom. The minimum absolute atomic E-state index is 0.103. The van der Waals surface area contributed by atoms with E-state index in [-0.39, 0.29) is 66.5 Å². The minimum atomic E-state index is -0.668. The van der Waals surface area contributed by atoms with Crippen LogP contribution in [0.1, 0.15) is 108 Å². The lowest BCUT2D eigenvalue weighted by Gasteiger charge is -2.31. The third-order valence-corrected chi connectivity index (χ3v) is 16.1. The van der Waals surface area contributed by atoms with Crippen LogP contribution in [0, 0.1) is 6.92 Å². The van der Waals surface area contributed by atoms with E-state index in [0.29, 0.717) is 136 Å². The van der Waals surface area contributed by atoms with Gasteiger partial charge >= 0.3 is 0 Å². The summed E-state index contributed by atoms with van der Waals surface area (Å²) in [4.78, 5) is 110. The molecule has 19 nitrogen and oxygen atoms in total. The van der Waals surface area contributed by atoms with Crippen LogP contribution in [-0.4, -0.2) is 150 Å². The molecule has 0 aromatic heterocycles. The van der Waals surface area contributed by atoms with Gasteiger partial charge in [-0.3, -0.25) is 48.4 Å². The van der Waals surface area contributed by atoms with Crippen LogP contribution in [0.4, 0.5) is 17.1 Å². The molecular weight excluding hydrogens is 1030 g/mol. The zero-order valence-corrected chi connectivity index (χ0v) is 45.6. The Kier molecular flexibility index (Phi) is 15.7. The maximum Gasteiger partial charge on any atom is 0.260 e. The smallest absolute Gasteiger partial charge is 0.260 e. The molecule has 7 amide bonds. The number of ether oxygens (including phenoxy) is 4. The summed E-state index contributed by atoms with van der Waals surface area (Å²) in [5.74, 6) is 0.661. The van der Waals surface area contributed by atoms with E-state index in [0.717, 1.165) is 33.6 Å². The van der Waals surface area contributed by atoms with Crippen LogP contribution in [0.3, 0.4) is 0 Å². The molecule has 0 aliphatic carbocycles. The molecular formula is C62H64N8O11. The maximum atomic E-state index is 14.2. The first-order chi connectivity index (χ1) is 39.3. The number of nitrogens with zero attached hydrogens (tertiary/aromatic N) is 7. The van der Waals surface area contributed by atoms with Gasteiger partial charge in [0.2, 0.25) is 17.7 Å². The fourth-order valence-corrected chi connectivity index (χ4v) is 11.7. The largest absolute Gasteiger partial charge is 0.497 e. The van der Waals surface area contributed by atoms with Crippen LogP contribution in [0.2, 0.25) is 0 Å². The molecule has 0 saturated carbocycles. The molecule has 2 fully saturated rings. The number of nitrogens with one attached hydrogen (secondary N) is 1. The molecule has 2 saturated heterocycles. The molecule has 0 bridgehead atoms. The second-order valence-corrected chi connectivity index (χ2v) is 21.2. The molecule has 11 rings (SSSR count). The summed E-state index contributed by atoms with van der Waals surface area (Å²) in [6.07, 6.45) is 16.1. The summed E-state index contributed by atoms with van der Waals surface area (Å²) in [5.41, 5.74) is 7.18. The molecule has 81 heavy (non-hydrogen) atoms. The lowest BCUT2D eigenvalue weighted by atomic mass is 10.0. The Morgan fingerprint density at radius 2 is 1.21 bits per heavy atom. The van der Waals surface area contributed by atoms with Gasteiger partial charge in [-0.2, -0.15) is 0 Å². The molecule has 7 aliphatic heterocycles. The number of aryl methyl sites for hydroxylation is 1. The number of anilines is 1. The Hall–Kier alpha value is -8.87. The van der Waals surface area contributed by atoms with Crippen molar-refractivity contribution < 1.29 is 52.5 Å². The predicted molar refractivity (Wildman–Crippen MR) is 303 cm³/mol. The van der Waals surface area contributed by atoms with Crippen molar-refractivity contribution in [2.75, 3.05) is 52.4 Å². The fourth-order valence-electron chi connectivity index (χ4n) is 11.7. The summed E-state index contributed by atoms with van der Waals surface area (Å²) in [6, 6.07) is 20.5. The standard InChI is InChI=1S/C62H64N8O11/c1-38-28-47-49(63-34-44-30-42(37-69(44)60(47)75)40-15-19-46(78-2)20-16-40)32-53(38)80-26-9-27-81-55-33-50-48(31-54(55)79-3)61(76)70-36-41(29-45(70)35-64-50)39-13-17-43(18-14-39)65-59(74)51-10-7-25-67(51)62(77)52-11-8-24-66(52)56(71)12-5-4-6-23-68-57(72)21-22-58(68)73/h13-22,28,31-37,44-45,51-52H,4-12,23-27,29-30H2,1-3H3,(H,65,74)/t44-,45-,51-,52-/m0/s1. The Morgan fingerprint density at radius 3 is 1.84 bits per heavy atom. The van der Waals surface area contributed by atoms with Crippen molar-refractivity contribution in [2.45, 2.75) is 102 Å². The number of methoxy groups -OCH3 is 2. The minimum Gasteiger partial charge on any atom is -0.497 e. The summed E-state index contributed by atoms with van der Waals surface area (Å²) < 4.78 is 23.4. The summed E-state index contributed by atoms with van der Waals surface area (Å²) in [6.45, 7) is 3.76. The lowest BCUT2D eigenvalue weighted by molar-refractivity contribution is -0.146. The third kappa shape index (κ3) is 11.2. The van der Waals surface area contributed by atoms with Gasteiger partial charge in [0, 0.05) is 100 Å². The predicted octanol–water partition coefficient (Wildman–Crippen LogP) is 8.21. The molecule has 0 spiro atoms. The number of unbranched alkanes of at least 4 members (excludes halogenated alkanes) is 2. The SMILES string of the molecule is COc1ccc(C2=CN3C(=O)c4cc(C)c(OCCCOc5cc6c(cc5OC)C(=O)N5C=C(c7ccc(NC(=O)[C@@H]8CCCN8C(=O)[C@@H]8CCCN8C(=O)CCCCCN8C(=O)C=CC8=O)cc7)C[C@H]5C=N6)cc4N=C[C@@H]3C2)cc1. The van der Waals surface area contributed by atoms with Crippen molar-refractivity contribution >= 4 is 82.0 Å². The molecule has 1 N–H and O–H groups in total. The van der Waals surface area contributed by atoms with Crippen molar-refractivity contribution in [2.24, 2.45) is 9.98 Å². The van der Waals surface area contributed by atoms with Crippen LogP contribution < -0.4 is 24.3 Å². The highest BCUT2D eigenvalue weighted by atomic mass is 16.5. The number of hydrogen-bond acceptors (Lipinski definition) is 13. The van der Waals surface area contributed by atoms with Gasteiger partial charge in [-0.1, -0.05) is 30.7 Å². The summed E-state index contributed by atoms with van der Waals surface area (Å²) in [7, 11) is 3.16. The highest BCUT2D eigenvalue weighted by Gasteiger charge is 2.42. The van der Waals surface area contributed by atoms with Gasteiger partial charge in [-0.25, -0.2) is 0 Å². The van der Waals surface area contributed by atoms with Crippen LogP contribution in [0.5, 0.6) is 23.0 Å². The normalized spacial score (nSPS) is 20.7. The molecule has 4 aromatic carbocycles. The maximum absolute atomic E-state index is 14.2. The van der Waals surface area contributed by atoms with Gasteiger partial charge in [0.15, 0.2) is 11.5 Å². The van der Waals surface area contributed by atoms with Gasteiger partial charge in [-0.15, -0.1) is 0 Å². The second-order valence-electron chi connectivity index (χ2n) is 21.2. The zero-order chi connectivity index (χ0) is 56.3. The second kappa shape index (κ2) is 23.5. The van der Waals surface area contributed by atoms with E-state index in [2.05, 4.69) is 5.32 Å². The number of likely N-dealkylation sites (tertiary alicyclic amines) is 2. The van der Waals surface area contributed by atoms with E-state index in [9.17, 15) is 33.6 Å². The summed E-state index contributed by atoms with van der Waals surface area (Å²) in [5, 5.41) is 3.01. The van der Waals surface area contributed by atoms with E-state index < -0.39 is 12.1 Å². The number of rotatable bonds is 19. The van der Waals surface area contributed by atoms with E-state index in [1.807, 2.05) is 86.2 Å². The van der Waals surface area contributed by atoms with E-state index in [1.165, 1.54) is 24.2 Å². The van der Waals surface area contributed by atoms with Gasteiger partial charge in [0.1, 0.15) is 23.6 Å². The van der Waals surface area contributed by atoms with Gasteiger partial charge in [-0.05, 0) is 110 Å². The molecule has 0 unspecified atom stereocenters. The average molecular weight is 1100 g/mol. The first-order valence-electron chi connectivity index (χ1n) is 27.8. The topological polar surface area (TPSA) is 209 Å². The number of amides is 7. The summed E-state index contributed by atoms with van der Waals surface area (Å²) >= 11 is 0. The number of imide groups is 1. The van der Waals surface area contributed by atoms with E-state index >= 15 is 0 Å². The highest BCUT2D eigenvalue weighted by molar-refractivity contribution is 6.13. The molecule has 19 heteroatoms. The third-order valence-electron chi connectivity index (χ3n) is 16.1. The highest BCUT2D eigenvalue weighted by Crippen LogP contribution is 2.41. The Labute approximate surface area is 469 Å².